The van der Waals surface area contributed by atoms with Gasteiger partial charge in [-0.1, -0.05) is 0 Å². The van der Waals surface area contributed by atoms with E-state index >= 15 is 0 Å². The maximum absolute atomic E-state index is 11.5. The lowest BCUT2D eigenvalue weighted by Crippen LogP contribution is -2.36. The van der Waals surface area contributed by atoms with Gasteiger partial charge in [-0.05, 0) is 31.9 Å². The van der Waals surface area contributed by atoms with Crippen LogP contribution in [0.2, 0.25) is 0 Å². The van der Waals surface area contributed by atoms with Gasteiger partial charge >= 0.3 is 5.97 Å². The van der Waals surface area contributed by atoms with Crippen LogP contribution in [0.15, 0.2) is 18.3 Å². The molecule has 0 bridgehead atoms. The summed E-state index contributed by atoms with van der Waals surface area (Å²) in [6.45, 7) is 3.74. The molecule has 1 saturated heterocycles. The van der Waals surface area contributed by atoms with Crippen molar-refractivity contribution >= 4 is 11.8 Å². The molecular weight excluding hydrogens is 232 g/mol. The molecule has 1 N–H and O–H groups in total. The molecule has 18 heavy (non-hydrogen) atoms. The van der Waals surface area contributed by atoms with Crippen LogP contribution in [0.4, 0.5) is 5.82 Å². The molecule has 2 rings (SSSR count). The lowest BCUT2D eigenvalue weighted by Gasteiger charge is -2.30. The fraction of sp³-hybridized carbons (Fsp3) is 0.538. The normalized spacial score (nSPS) is 16.7. The fourth-order valence-corrected chi connectivity index (χ4v) is 2.00. The maximum atomic E-state index is 11.5. The third-order valence-electron chi connectivity index (χ3n) is 3.05. The van der Waals surface area contributed by atoms with Crippen LogP contribution >= 0.6 is 0 Å². The molecule has 0 unspecified atom stereocenters. The first-order valence-corrected chi connectivity index (χ1v) is 6.27. The first-order chi connectivity index (χ1) is 8.70. The van der Waals surface area contributed by atoms with E-state index in [9.17, 15) is 9.90 Å². The van der Waals surface area contributed by atoms with Crippen molar-refractivity contribution < 1.29 is 14.6 Å². The van der Waals surface area contributed by atoms with Crippen molar-refractivity contribution in [1.29, 1.82) is 0 Å². The summed E-state index contributed by atoms with van der Waals surface area (Å²) >= 11 is 0. The molecule has 2 heterocycles. The number of aliphatic hydroxyl groups is 1. The molecule has 1 aromatic rings. The number of aromatic nitrogens is 1. The van der Waals surface area contributed by atoms with Crippen molar-refractivity contribution in [1.82, 2.24) is 4.98 Å². The summed E-state index contributed by atoms with van der Waals surface area (Å²) in [5.41, 5.74) is 0.470. The van der Waals surface area contributed by atoms with Gasteiger partial charge in [0.05, 0.1) is 18.3 Å². The Balaban J connectivity index is 2.01. The maximum Gasteiger partial charge on any atom is 0.339 e. The van der Waals surface area contributed by atoms with Gasteiger partial charge in [-0.15, -0.1) is 0 Å². The second-order valence-corrected chi connectivity index (χ2v) is 4.34. The zero-order valence-corrected chi connectivity index (χ0v) is 10.5. The first-order valence-electron chi connectivity index (χ1n) is 6.27. The van der Waals surface area contributed by atoms with Gasteiger partial charge in [-0.2, -0.15) is 0 Å². The van der Waals surface area contributed by atoms with Crippen LogP contribution in [0.3, 0.4) is 0 Å². The Morgan fingerprint density at radius 3 is 2.78 bits per heavy atom. The summed E-state index contributed by atoms with van der Waals surface area (Å²) in [5, 5.41) is 9.44. The van der Waals surface area contributed by atoms with Crippen molar-refractivity contribution in [2.45, 2.75) is 25.9 Å². The third kappa shape index (κ3) is 2.98. The molecule has 5 heteroatoms. The number of anilines is 1. The third-order valence-corrected chi connectivity index (χ3v) is 3.05. The van der Waals surface area contributed by atoms with Crippen molar-refractivity contribution in [3.63, 3.8) is 0 Å². The number of ether oxygens (including phenoxy) is 1. The number of pyridine rings is 1. The van der Waals surface area contributed by atoms with Crippen LogP contribution in [0.5, 0.6) is 0 Å². The Morgan fingerprint density at radius 1 is 1.50 bits per heavy atom. The monoisotopic (exact) mass is 250 g/mol. The zero-order valence-electron chi connectivity index (χ0n) is 10.5. The number of rotatable bonds is 3. The molecule has 0 aliphatic carbocycles. The van der Waals surface area contributed by atoms with Crippen LogP contribution < -0.4 is 4.90 Å². The zero-order chi connectivity index (χ0) is 13.0. The van der Waals surface area contributed by atoms with Crippen molar-refractivity contribution in [2.24, 2.45) is 0 Å². The molecule has 5 nitrogen and oxygen atoms in total. The topological polar surface area (TPSA) is 62.7 Å². The highest BCUT2D eigenvalue weighted by Gasteiger charge is 2.18. The van der Waals surface area contributed by atoms with Crippen LogP contribution in [0, 0.1) is 0 Å². The van der Waals surface area contributed by atoms with E-state index in [0.29, 0.717) is 12.2 Å². The molecule has 1 aliphatic rings. The summed E-state index contributed by atoms with van der Waals surface area (Å²) in [6, 6.07) is 3.55. The van der Waals surface area contributed by atoms with E-state index in [0.717, 1.165) is 31.7 Å². The number of carbonyl (C=O) groups excluding carboxylic acids is 1. The molecule has 1 fully saturated rings. The Hall–Kier alpha value is -1.62. The van der Waals surface area contributed by atoms with E-state index < -0.39 is 0 Å². The van der Waals surface area contributed by atoms with E-state index in [-0.39, 0.29) is 12.1 Å². The average molecular weight is 250 g/mol. The Labute approximate surface area is 106 Å². The Bertz CT molecular complexity index is 397. The largest absolute Gasteiger partial charge is 0.462 e. The molecule has 0 spiro atoms. The number of esters is 1. The van der Waals surface area contributed by atoms with Crippen LogP contribution in [-0.2, 0) is 4.74 Å². The highest BCUT2D eigenvalue weighted by Crippen LogP contribution is 2.18. The predicted octanol–water partition coefficient (Wildman–Crippen LogP) is 1.22. The minimum absolute atomic E-state index is 0.194. The number of hydrogen-bond acceptors (Lipinski definition) is 5. The predicted molar refractivity (Wildman–Crippen MR) is 67.6 cm³/mol. The minimum atomic E-state index is -0.342. The Morgan fingerprint density at radius 2 is 2.22 bits per heavy atom. The van der Waals surface area contributed by atoms with Gasteiger partial charge in [0.25, 0.3) is 0 Å². The van der Waals surface area contributed by atoms with Crippen LogP contribution in [0.25, 0.3) is 0 Å². The smallest absolute Gasteiger partial charge is 0.339 e. The van der Waals surface area contributed by atoms with E-state index in [1.54, 1.807) is 19.2 Å². The Kier molecular flexibility index (Phi) is 4.15. The summed E-state index contributed by atoms with van der Waals surface area (Å²) < 4.78 is 4.90. The van der Waals surface area contributed by atoms with Crippen molar-refractivity contribution in [3.8, 4) is 0 Å². The molecule has 0 amide bonds. The SMILES string of the molecule is CCOC(=O)c1ccc(N2CCC(O)CC2)nc1. The minimum Gasteiger partial charge on any atom is -0.462 e. The standard InChI is InChI=1S/C13H18N2O3/c1-2-18-13(17)10-3-4-12(14-9-10)15-7-5-11(16)6-8-15/h3-4,9,11,16H,2,5-8H2,1H3. The summed E-state index contributed by atoms with van der Waals surface area (Å²) in [5.74, 6) is 0.501. The molecule has 1 aromatic heterocycles. The lowest BCUT2D eigenvalue weighted by atomic mass is 10.1. The molecular formula is C13H18N2O3. The summed E-state index contributed by atoms with van der Waals surface area (Å²) in [4.78, 5) is 17.9. The van der Waals surface area contributed by atoms with Gasteiger partial charge in [0.2, 0.25) is 0 Å². The van der Waals surface area contributed by atoms with Gasteiger partial charge in [-0.25, -0.2) is 9.78 Å². The second-order valence-electron chi connectivity index (χ2n) is 4.34. The molecule has 98 valence electrons. The van der Waals surface area contributed by atoms with Gasteiger partial charge in [0, 0.05) is 19.3 Å². The molecule has 0 aromatic carbocycles. The highest BCUT2D eigenvalue weighted by molar-refractivity contribution is 5.89. The van der Waals surface area contributed by atoms with Gasteiger partial charge < -0.3 is 14.7 Å². The second kappa shape index (κ2) is 5.82. The number of hydrogen-bond donors (Lipinski definition) is 1. The lowest BCUT2D eigenvalue weighted by molar-refractivity contribution is 0.0526. The first kappa shape index (κ1) is 12.8. The van der Waals surface area contributed by atoms with Crippen LogP contribution in [0.1, 0.15) is 30.1 Å². The highest BCUT2D eigenvalue weighted by atomic mass is 16.5. The summed E-state index contributed by atoms with van der Waals surface area (Å²) in [6.07, 6.45) is 2.88. The van der Waals surface area contributed by atoms with Crippen LogP contribution in [-0.4, -0.2) is 41.9 Å². The number of aliphatic hydroxyl groups excluding tert-OH is 1. The quantitative estimate of drug-likeness (QED) is 0.817. The number of carbonyl (C=O) groups is 1. The summed E-state index contributed by atoms with van der Waals surface area (Å²) in [7, 11) is 0. The van der Waals surface area contributed by atoms with E-state index in [1.165, 1.54) is 0 Å². The molecule has 0 atom stereocenters. The molecule has 1 aliphatic heterocycles. The molecule has 0 radical (unpaired) electrons. The number of piperidine rings is 1. The van der Waals surface area contributed by atoms with Gasteiger partial charge in [0.15, 0.2) is 0 Å². The molecule has 0 saturated carbocycles. The average Bonchev–Trinajstić information content (AvgIpc) is 2.40. The van der Waals surface area contributed by atoms with Gasteiger partial charge in [0.1, 0.15) is 5.82 Å². The van der Waals surface area contributed by atoms with E-state index in [1.807, 2.05) is 6.07 Å². The van der Waals surface area contributed by atoms with E-state index in [2.05, 4.69) is 9.88 Å². The number of nitrogens with zero attached hydrogens (tertiary/aromatic N) is 2. The fourth-order valence-electron chi connectivity index (χ4n) is 2.00. The van der Waals surface area contributed by atoms with Crippen molar-refractivity contribution in [2.75, 3.05) is 24.6 Å². The van der Waals surface area contributed by atoms with Gasteiger partial charge in [-0.3, -0.25) is 0 Å². The van der Waals surface area contributed by atoms with Crippen molar-refractivity contribution in [3.05, 3.63) is 23.9 Å². The van der Waals surface area contributed by atoms with E-state index in [4.69, 9.17) is 4.74 Å².